The molecule has 1 spiro atoms. The Labute approximate surface area is 161 Å². The highest BCUT2D eigenvalue weighted by molar-refractivity contribution is 5.72. The molecule has 1 atom stereocenters. The Bertz CT molecular complexity index is 419. The molecule has 0 aromatic carbocycles. The van der Waals surface area contributed by atoms with Crippen molar-refractivity contribution in [1.29, 1.82) is 0 Å². The molecule has 0 aromatic rings. The molecule has 0 bridgehead atoms. The standard InChI is InChI=1S/C15H26N2O3.C4H10.C2H6/c1-11(18)16-10-12-9-15(12)5-7-17(8-6-15)13(19)20-14(2,3)4;1-3-4-2;1-2/h12H,5-10H2,1-4H3,(H,16,18);3-4H2,1-2H3;1-2H3. The summed E-state index contributed by atoms with van der Waals surface area (Å²) in [4.78, 5) is 24.7. The van der Waals surface area contributed by atoms with Crippen molar-refractivity contribution in [3.05, 3.63) is 0 Å². The van der Waals surface area contributed by atoms with Crippen LogP contribution in [0.25, 0.3) is 0 Å². The van der Waals surface area contributed by atoms with Gasteiger partial charge in [0.15, 0.2) is 0 Å². The van der Waals surface area contributed by atoms with Crippen LogP contribution in [0, 0.1) is 11.3 Å². The Kier molecular flexibility index (Phi) is 10.9. The van der Waals surface area contributed by atoms with Crippen LogP contribution in [0.15, 0.2) is 0 Å². The van der Waals surface area contributed by atoms with E-state index in [1.54, 1.807) is 6.92 Å². The van der Waals surface area contributed by atoms with Gasteiger partial charge in [-0.15, -0.1) is 0 Å². The molecule has 0 radical (unpaired) electrons. The van der Waals surface area contributed by atoms with Gasteiger partial charge in [0.05, 0.1) is 0 Å². The van der Waals surface area contributed by atoms with Gasteiger partial charge in [-0.2, -0.15) is 0 Å². The van der Waals surface area contributed by atoms with E-state index < -0.39 is 5.60 Å². The first-order chi connectivity index (χ1) is 12.1. The van der Waals surface area contributed by atoms with Gasteiger partial charge in [-0.05, 0) is 51.4 Å². The molecule has 1 aliphatic carbocycles. The number of amides is 2. The van der Waals surface area contributed by atoms with E-state index in [1.807, 2.05) is 39.5 Å². The molecule has 1 N–H and O–H groups in total. The van der Waals surface area contributed by atoms with E-state index in [0.29, 0.717) is 11.3 Å². The van der Waals surface area contributed by atoms with E-state index in [2.05, 4.69) is 19.2 Å². The van der Waals surface area contributed by atoms with Crippen molar-refractivity contribution >= 4 is 12.0 Å². The number of unbranched alkanes of at least 4 members (excludes halogenated alkanes) is 1. The fourth-order valence-corrected chi connectivity index (χ4v) is 3.06. The molecule has 1 saturated heterocycles. The predicted molar refractivity (Wildman–Crippen MR) is 108 cm³/mol. The molecule has 1 saturated carbocycles. The minimum atomic E-state index is -0.431. The van der Waals surface area contributed by atoms with Crippen LogP contribution in [0.5, 0.6) is 0 Å². The average Bonchev–Trinajstić information content (AvgIpc) is 3.26. The number of ether oxygens (including phenoxy) is 1. The number of hydrogen-bond donors (Lipinski definition) is 1. The van der Waals surface area contributed by atoms with Crippen molar-refractivity contribution in [2.75, 3.05) is 19.6 Å². The molecule has 2 aliphatic rings. The molecule has 0 aromatic heterocycles. The lowest BCUT2D eigenvalue weighted by molar-refractivity contribution is -0.119. The van der Waals surface area contributed by atoms with Gasteiger partial charge in [-0.3, -0.25) is 4.79 Å². The van der Waals surface area contributed by atoms with Crippen molar-refractivity contribution in [2.45, 2.75) is 93.1 Å². The van der Waals surface area contributed by atoms with Crippen LogP contribution < -0.4 is 5.32 Å². The van der Waals surface area contributed by atoms with Crippen LogP contribution in [0.4, 0.5) is 4.79 Å². The van der Waals surface area contributed by atoms with Gasteiger partial charge < -0.3 is 15.0 Å². The smallest absolute Gasteiger partial charge is 0.410 e. The molecule has 2 fully saturated rings. The lowest BCUT2D eigenvalue weighted by Crippen LogP contribution is -2.42. The van der Waals surface area contributed by atoms with Crippen LogP contribution in [-0.4, -0.2) is 42.1 Å². The fraction of sp³-hybridized carbons (Fsp3) is 0.905. The van der Waals surface area contributed by atoms with E-state index in [0.717, 1.165) is 32.5 Å². The van der Waals surface area contributed by atoms with Gasteiger partial charge in [0.25, 0.3) is 0 Å². The largest absolute Gasteiger partial charge is 0.444 e. The van der Waals surface area contributed by atoms with E-state index in [9.17, 15) is 9.59 Å². The first-order valence-electron chi connectivity index (χ1n) is 10.4. The van der Waals surface area contributed by atoms with Crippen LogP contribution >= 0.6 is 0 Å². The zero-order chi connectivity index (χ0) is 20.4. The maximum Gasteiger partial charge on any atom is 0.410 e. The van der Waals surface area contributed by atoms with Crippen molar-refractivity contribution in [3.63, 3.8) is 0 Å². The van der Waals surface area contributed by atoms with E-state index in [1.165, 1.54) is 19.3 Å². The van der Waals surface area contributed by atoms with Crippen molar-refractivity contribution in [3.8, 4) is 0 Å². The summed E-state index contributed by atoms with van der Waals surface area (Å²) in [6, 6.07) is 0. The molecule has 2 rings (SSSR count). The minimum Gasteiger partial charge on any atom is -0.444 e. The lowest BCUT2D eigenvalue weighted by atomic mass is 9.91. The van der Waals surface area contributed by atoms with E-state index in [4.69, 9.17) is 4.74 Å². The Morgan fingerprint density at radius 2 is 1.62 bits per heavy atom. The summed E-state index contributed by atoms with van der Waals surface area (Å²) in [5, 5.41) is 2.90. The van der Waals surface area contributed by atoms with Crippen LogP contribution in [0.3, 0.4) is 0 Å². The summed E-state index contributed by atoms with van der Waals surface area (Å²) >= 11 is 0. The molecule has 2 amide bonds. The van der Waals surface area contributed by atoms with E-state index >= 15 is 0 Å². The summed E-state index contributed by atoms with van der Waals surface area (Å²) in [5.41, 5.74) is -0.0687. The van der Waals surface area contributed by atoms with Crippen LogP contribution in [0.2, 0.25) is 0 Å². The van der Waals surface area contributed by atoms with Crippen LogP contribution in [0.1, 0.15) is 87.5 Å². The number of rotatable bonds is 3. The summed E-state index contributed by atoms with van der Waals surface area (Å²) in [7, 11) is 0. The molecule has 154 valence electrons. The number of carbonyl (C=O) groups excluding carboxylic acids is 2. The summed E-state index contributed by atoms with van der Waals surface area (Å²) in [6.45, 7) is 17.9. The highest BCUT2D eigenvalue weighted by Crippen LogP contribution is 2.59. The predicted octanol–water partition coefficient (Wildman–Crippen LogP) is 4.99. The third-order valence-electron chi connectivity index (χ3n) is 4.87. The van der Waals surface area contributed by atoms with Gasteiger partial charge in [0, 0.05) is 26.6 Å². The van der Waals surface area contributed by atoms with Gasteiger partial charge >= 0.3 is 6.09 Å². The van der Waals surface area contributed by atoms with Gasteiger partial charge in [0.2, 0.25) is 5.91 Å². The summed E-state index contributed by atoms with van der Waals surface area (Å²) < 4.78 is 5.40. The second-order valence-corrected chi connectivity index (χ2v) is 8.17. The first-order valence-corrected chi connectivity index (χ1v) is 10.4. The molecule has 5 nitrogen and oxygen atoms in total. The third kappa shape index (κ3) is 8.91. The highest BCUT2D eigenvalue weighted by atomic mass is 16.6. The minimum absolute atomic E-state index is 0.0400. The zero-order valence-electron chi connectivity index (χ0n) is 18.4. The molecule has 5 heteroatoms. The maximum absolute atomic E-state index is 12.0. The number of nitrogens with zero attached hydrogens (tertiary/aromatic N) is 1. The van der Waals surface area contributed by atoms with Gasteiger partial charge in [-0.1, -0.05) is 40.5 Å². The van der Waals surface area contributed by atoms with Crippen LogP contribution in [-0.2, 0) is 9.53 Å². The fourth-order valence-electron chi connectivity index (χ4n) is 3.06. The second-order valence-electron chi connectivity index (χ2n) is 8.17. The number of nitrogens with one attached hydrogen (secondary N) is 1. The molecule has 26 heavy (non-hydrogen) atoms. The maximum atomic E-state index is 12.0. The van der Waals surface area contributed by atoms with E-state index in [-0.39, 0.29) is 12.0 Å². The molecule has 1 aliphatic heterocycles. The number of piperidine rings is 1. The topological polar surface area (TPSA) is 58.6 Å². The number of hydrogen-bond acceptors (Lipinski definition) is 3. The highest BCUT2D eigenvalue weighted by Gasteiger charge is 2.54. The number of carbonyl (C=O) groups is 2. The van der Waals surface area contributed by atoms with Gasteiger partial charge in [-0.25, -0.2) is 4.79 Å². The summed E-state index contributed by atoms with van der Waals surface area (Å²) in [6.07, 6.45) is 5.66. The zero-order valence-corrected chi connectivity index (χ0v) is 18.4. The molecular weight excluding hydrogens is 328 g/mol. The first kappa shape index (κ1) is 24.7. The third-order valence-corrected chi connectivity index (χ3v) is 4.87. The summed E-state index contributed by atoms with van der Waals surface area (Å²) in [5.74, 6) is 0.630. The Hall–Kier alpha value is -1.26. The van der Waals surface area contributed by atoms with Gasteiger partial charge in [0.1, 0.15) is 5.60 Å². The average molecular weight is 371 g/mol. The quantitative estimate of drug-likeness (QED) is 0.761. The lowest BCUT2D eigenvalue weighted by Gasteiger charge is -2.34. The Morgan fingerprint density at radius 3 is 2.00 bits per heavy atom. The molecule has 1 unspecified atom stereocenters. The van der Waals surface area contributed by atoms with Crippen molar-refractivity contribution < 1.29 is 14.3 Å². The van der Waals surface area contributed by atoms with Crippen molar-refractivity contribution in [2.24, 2.45) is 11.3 Å². The SMILES string of the molecule is CC.CC(=O)NCC1CC12CCN(C(=O)OC(C)(C)C)CC2.CCCC. The number of likely N-dealkylation sites (tertiary alicyclic amines) is 1. The Balaban J connectivity index is 0.000000920. The normalized spacial score (nSPS) is 20.2. The van der Waals surface area contributed by atoms with Crippen molar-refractivity contribution in [1.82, 2.24) is 10.2 Å². The monoisotopic (exact) mass is 370 g/mol. The Morgan fingerprint density at radius 1 is 1.12 bits per heavy atom. The molecular formula is C21H42N2O3. The molecule has 1 heterocycles. The second kappa shape index (κ2) is 11.5.